The van der Waals surface area contributed by atoms with E-state index in [-0.39, 0.29) is 11.4 Å². The van der Waals surface area contributed by atoms with Crippen LogP contribution in [0.5, 0.6) is 0 Å². The monoisotopic (exact) mass is 264 g/mol. The van der Waals surface area contributed by atoms with Gasteiger partial charge in [-0.1, -0.05) is 31.3 Å². The fourth-order valence-corrected chi connectivity index (χ4v) is 1.62. The third-order valence-electron chi connectivity index (χ3n) is 3.49. The van der Waals surface area contributed by atoms with Crippen molar-refractivity contribution in [2.75, 3.05) is 7.05 Å². The molecule has 0 atom stereocenters. The molecule has 2 N–H and O–H groups in total. The SMILES string of the molecule is CCC(C)(C)N(C)C(=O)c1ccc(C(N)=S)cc1. The van der Waals surface area contributed by atoms with Crippen molar-refractivity contribution in [3.8, 4) is 0 Å². The third-order valence-corrected chi connectivity index (χ3v) is 3.73. The van der Waals surface area contributed by atoms with Gasteiger partial charge in [0.05, 0.1) is 0 Å². The summed E-state index contributed by atoms with van der Waals surface area (Å²) in [4.78, 5) is 14.4. The van der Waals surface area contributed by atoms with Gasteiger partial charge in [0.2, 0.25) is 0 Å². The number of rotatable bonds is 4. The van der Waals surface area contributed by atoms with Gasteiger partial charge >= 0.3 is 0 Å². The minimum absolute atomic E-state index is 0.0105. The molecule has 1 aromatic rings. The molecule has 0 bridgehead atoms. The molecular formula is C14H20N2OS. The fourth-order valence-electron chi connectivity index (χ4n) is 1.48. The van der Waals surface area contributed by atoms with Gasteiger partial charge in [-0.05, 0) is 32.4 Å². The minimum Gasteiger partial charge on any atom is -0.389 e. The summed E-state index contributed by atoms with van der Waals surface area (Å²) in [7, 11) is 1.83. The Morgan fingerprint density at radius 3 is 2.11 bits per heavy atom. The lowest BCUT2D eigenvalue weighted by atomic mass is 9.98. The van der Waals surface area contributed by atoms with Crippen molar-refractivity contribution in [1.82, 2.24) is 4.90 Å². The van der Waals surface area contributed by atoms with Crippen LogP contribution < -0.4 is 5.73 Å². The molecule has 0 radical (unpaired) electrons. The molecule has 0 spiro atoms. The lowest BCUT2D eigenvalue weighted by Gasteiger charge is -2.35. The molecule has 98 valence electrons. The number of hydrogen-bond acceptors (Lipinski definition) is 2. The van der Waals surface area contributed by atoms with E-state index < -0.39 is 0 Å². The molecule has 0 heterocycles. The van der Waals surface area contributed by atoms with Gasteiger partial charge in [-0.3, -0.25) is 4.79 Å². The molecule has 0 saturated carbocycles. The minimum atomic E-state index is -0.154. The summed E-state index contributed by atoms with van der Waals surface area (Å²) >= 11 is 4.88. The van der Waals surface area contributed by atoms with E-state index in [0.717, 1.165) is 12.0 Å². The lowest BCUT2D eigenvalue weighted by Crippen LogP contribution is -2.44. The maximum Gasteiger partial charge on any atom is 0.254 e. The lowest BCUT2D eigenvalue weighted by molar-refractivity contribution is 0.0620. The van der Waals surface area contributed by atoms with Crippen LogP contribution >= 0.6 is 12.2 Å². The summed E-state index contributed by atoms with van der Waals surface area (Å²) in [5.74, 6) is 0.0105. The van der Waals surface area contributed by atoms with Crippen LogP contribution in [0.25, 0.3) is 0 Å². The van der Waals surface area contributed by atoms with Gasteiger partial charge in [0.25, 0.3) is 5.91 Å². The van der Waals surface area contributed by atoms with Gasteiger partial charge in [-0.25, -0.2) is 0 Å². The molecule has 3 nitrogen and oxygen atoms in total. The highest BCUT2D eigenvalue weighted by Crippen LogP contribution is 2.19. The van der Waals surface area contributed by atoms with Gasteiger partial charge in [0.15, 0.2) is 0 Å². The molecule has 0 aliphatic rings. The highest BCUT2D eigenvalue weighted by atomic mass is 32.1. The zero-order chi connectivity index (χ0) is 13.9. The van der Waals surface area contributed by atoms with Gasteiger partial charge in [-0.2, -0.15) is 0 Å². The maximum atomic E-state index is 12.3. The molecular weight excluding hydrogens is 244 g/mol. The largest absolute Gasteiger partial charge is 0.389 e. The first-order valence-corrected chi connectivity index (χ1v) is 6.38. The summed E-state index contributed by atoms with van der Waals surface area (Å²) < 4.78 is 0. The first kappa shape index (κ1) is 14.6. The number of hydrogen-bond donors (Lipinski definition) is 1. The van der Waals surface area contributed by atoms with E-state index in [2.05, 4.69) is 6.92 Å². The number of amides is 1. The first-order chi connectivity index (χ1) is 8.29. The molecule has 0 saturated heterocycles. The van der Waals surface area contributed by atoms with Crippen LogP contribution in [0.3, 0.4) is 0 Å². The van der Waals surface area contributed by atoms with Crippen molar-refractivity contribution in [2.24, 2.45) is 5.73 Å². The van der Waals surface area contributed by atoms with Crippen molar-refractivity contribution in [3.05, 3.63) is 35.4 Å². The zero-order valence-corrected chi connectivity index (χ0v) is 12.2. The van der Waals surface area contributed by atoms with Crippen LogP contribution in [0.1, 0.15) is 43.1 Å². The number of nitrogens with zero attached hydrogens (tertiary/aromatic N) is 1. The molecule has 4 heteroatoms. The Labute approximate surface area is 114 Å². The topological polar surface area (TPSA) is 46.3 Å². The number of thiocarbonyl (C=S) groups is 1. The quantitative estimate of drug-likeness (QED) is 0.850. The van der Waals surface area contributed by atoms with Crippen molar-refractivity contribution in [2.45, 2.75) is 32.7 Å². The Hall–Kier alpha value is -1.42. The predicted molar refractivity (Wildman–Crippen MR) is 78.8 cm³/mol. The van der Waals surface area contributed by atoms with E-state index in [0.29, 0.717) is 10.6 Å². The fraction of sp³-hybridized carbons (Fsp3) is 0.429. The predicted octanol–water partition coefficient (Wildman–Crippen LogP) is 2.58. The number of nitrogens with two attached hydrogens (primary N) is 1. The van der Waals surface area contributed by atoms with Gasteiger partial charge in [0.1, 0.15) is 4.99 Å². The molecule has 1 rings (SSSR count). The van der Waals surface area contributed by atoms with E-state index in [1.807, 2.05) is 20.9 Å². The summed E-state index contributed by atoms with van der Waals surface area (Å²) in [6, 6.07) is 7.09. The van der Waals surface area contributed by atoms with Crippen molar-refractivity contribution in [3.63, 3.8) is 0 Å². The normalized spacial score (nSPS) is 11.1. The van der Waals surface area contributed by atoms with Crippen LogP contribution in [0.2, 0.25) is 0 Å². The third kappa shape index (κ3) is 3.07. The Morgan fingerprint density at radius 2 is 1.72 bits per heavy atom. The van der Waals surface area contributed by atoms with Crippen LogP contribution in [0, 0.1) is 0 Å². The molecule has 18 heavy (non-hydrogen) atoms. The first-order valence-electron chi connectivity index (χ1n) is 5.97. The summed E-state index contributed by atoms with van der Waals surface area (Å²) in [5, 5.41) is 0. The van der Waals surface area contributed by atoms with Crippen LogP contribution in [0.4, 0.5) is 0 Å². The zero-order valence-electron chi connectivity index (χ0n) is 11.4. The van der Waals surface area contributed by atoms with E-state index in [1.54, 1.807) is 29.2 Å². The molecule has 1 aromatic carbocycles. The summed E-state index contributed by atoms with van der Waals surface area (Å²) in [6.45, 7) is 6.17. The van der Waals surface area contributed by atoms with Gasteiger partial charge < -0.3 is 10.6 Å². The highest BCUT2D eigenvalue weighted by molar-refractivity contribution is 7.80. The second-order valence-corrected chi connectivity index (χ2v) is 5.41. The second-order valence-electron chi connectivity index (χ2n) is 4.97. The standard InChI is InChI=1S/C14H20N2OS/c1-5-14(2,3)16(4)13(17)11-8-6-10(7-9-11)12(15)18/h6-9H,5H2,1-4H3,(H2,15,18). The molecule has 0 unspecified atom stereocenters. The van der Waals surface area contributed by atoms with E-state index >= 15 is 0 Å². The smallest absolute Gasteiger partial charge is 0.254 e. The summed E-state index contributed by atoms with van der Waals surface area (Å²) in [5.41, 5.74) is 6.80. The number of benzene rings is 1. The molecule has 0 aromatic heterocycles. The van der Waals surface area contributed by atoms with E-state index in [4.69, 9.17) is 18.0 Å². The molecule has 0 aliphatic heterocycles. The van der Waals surface area contributed by atoms with Crippen LogP contribution in [-0.4, -0.2) is 28.4 Å². The highest BCUT2D eigenvalue weighted by Gasteiger charge is 2.26. The van der Waals surface area contributed by atoms with Crippen molar-refractivity contribution >= 4 is 23.1 Å². The molecule has 1 amide bonds. The van der Waals surface area contributed by atoms with Crippen LogP contribution in [0.15, 0.2) is 24.3 Å². The van der Waals surface area contributed by atoms with E-state index in [1.165, 1.54) is 0 Å². The Bertz CT molecular complexity index is 451. The van der Waals surface area contributed by atoms with Crippen molar-refractivity contribution in [1.29, 1.82) is 0 Å². The Balaban J connectivity index is 2.94. The average Bonchev–Trinajstić information content (AvgIpc) is 2.37. The summed E-state index contributed by atoms with van der Waals surface area (Å²) in [6.07, 6.45) is 0.903. The van der Waals surface area contributed by atoms with Crippen molar-refractivity contribution < 1.29 is 4.79 Å². The molecule has 0 fully saturated rings. The Morgan fingerprint density at radius 1 is 1.28 bits per heavy atom. The Kier molecular flexibility index (Phi) is 4.46. The number of carbonyl (C=O) groups excluding carboxylic acids is 1. The average molecular weight is 264 g/mol. The van der Waals surface area contributed by atoms with E-state index in [9.17, 15) is 4.79 Å². The molecule has 0 aliphatic carbocycles. The van der Waals surface area contributed by atoms with Crippen LogP contribution in [-0.2, 0) is 0 Å². The van der Waals surface area contributed by atoms with Gasteiger partial charge in [0, 0.05) is 23.7 Å². The maximum absolute atomic E-state index is 12.3. The van der Waals surface area contributed by atoms with Gasteiger partial charge in [-0.15, -0.1) is 0 Å². The second kappa shape index (κ2) is 5.48. The number of carbonyl (C=O) groups is 1.